The van der Waals surface area contributed by atoms with Crippen LogP contribution in [-0.2, 0) is 4.74 Å². The number of aromatic nitrogens is 2. The smallest absolute Gasteiger partial charge is 0.220 e. The minimum absolute atomic E-state index is 0.289. The molecule has 0 saturated carbocycles. The molecule has 0 bridgehead atoms. The van der Waals surface area contributed by atoms with Crippen molar-refractivity contribution in [3.8, 4) is 0 Å². The van der Waals surface area contributed by atoms with Crippen LogP contribution in [-0.4, -0.2) is 28.7 Å². The molecule has 1 aromatic heterocycles. The Labute approximate surface area is 92.8 Å². The molecule has 1 fully saturated rings. The molecule has 5 heteroatoms. The first-order valence-electron chi connectivity index (χ1n) is 5.36. The Kier molecular flexibility index (Phi) is 1.99. The first-order valence-corrected chi connectivity index (χ1v) is 5.36. The highest BCUT2D eigenvalue weighted by Gasteiger charge is 2.38. The highest BCUT2D eigenvalue weighted by atomic mass is 16.5. The van der Waals surface area contributed by atoms with Crippen molar-refractivity contribution < 1.29 is 4.74 Å². The van der Waals surface area contributed by atoms with Gasteiger partial charge in [-0.2, -0.15) is 0 Å². The SMILES string of the molecule is Nc1ncc2c(n1)=CC(N)(C1COC1)CC=2. The van der Waals surface area contributed by atoms with Crippen molar-refractivity contribution >= 4 is 18.1 Å². The van der Waals surface area contributed by atoms with Crippen molar-refractivity contribution in [3.63, 3.8) is 0 Å². The summed E-state index contributed by atoms with van der Waals surface area (Å²) in [5.74, 6) is 0.672. The van der Waals surface area contributed by atoms with E-state index in [-0.39, 0.29) is 11.5 Å². The van der Waals surface area contributed by atoms with Crippen LogP contribution < -0.4 is 22.0 Å². The lowest BCUT2D eigenvalue weighted by atomic mass is 9.78. The second kappa shape index (κ2) is 3.26. The van der Waals surface area contributed by atoms with E-state index in [1.807, 2.05) is 6.08 Å². The predicted molar refractivity (Wildman–Crippen MR) is 60.5 cm³/mol. The van der Waals surface area contributed by atoms with E-state index in [9.17, 15) is 0 Å². The van der Waals surface area contributed by atoms with Crippen molar-refractivity contribution in [1.82, 2.24) is 9.97 Å². The minimum Gasteiger partial charge on any atom is -0.381 e. The first-order chi connectivity index (χ1) is 7.67. The Hall–Kier alpha value is -1.46. The van der Waals surface area contributed by atoms with Gasteiger partial charge in [0.15, 0.2) is 0 Å². The van der Waals surface area contributed by atoms with Crippen LogP contribution in [0.3, 0.4) is 0 Å². The van der Waals surface area contributed by atoms with Crippen molar-refractivity contribution in [2.75, 3.05) is 18.9 Å². The van der Waals surface area contributed by atoms with Gasteiger partial charge >= 0.3 is 0 Å². The molecule has 2 heterocycles. The van der Waals surface area contributed by atoms with E-state index < -0.39 is 0 Å². The topological polar surface area (TPSA) is 87.0 Å². The van der Waals surface area contributed by atoms with Gasteiger partial charge in [0.2, 0.25) is 5.95 Å². The van der Waals surface area contributed by atoms with E-state index in [1.54, 1.807) is 6.20 Å². The zero-order chi connectivity index (χ0) is 11.2. The quantitative estimate of drug-likeness (QED) is 0.591. The fraction of sp³-hybridized carbons (Fsp3) is 0.455. The molecule has 3 rings (SSSR count). The first kappa shape index (κ1) is 9.74. The maximum atomic E-state index is 6.36. The molecular formula is C11H14N4O. The fourth-order valence-electron chi connectivity index (χ4n) is 2.12. The van der Waals surface area contributed by atoms with Gasteiger partial charge in [-0.25, -0.2) is 9.97 Å². The molecule has 2 aliphatic rings. The molecule has 1 saturated heterocycles. The Bertz CT molecular complexity index is 537. The van der Waals surface area contributed by atoms with E-state index in [1.165, 1.54) is 0 Å². The molecule has 0 amide bonds. The summed E-state index contributed by atoms with van der Waals surface area (Å²) < 4.78 is 5.19. The van der Waals surface area contributed by atoms with E-state index in [0.717, 1.165) is 30.2 Å². The summed E-state index contributed by atoms with van der Waals surface area (Å²) in [6, 6.07) is 0. The third kappa shape index (κ3) is 1.40. The Morgan fingerprint density at radius 3 is 2.94 bits per heavy atom. The number of hydrogen-bond donors (Lipinski definition) is 2. The van der Waals surface area contributed by atoms with Crippen molar-refractivity contribution in [1.29, 1.82) is 0 Å². The zero-order valence-electron chi connectivity index (χ0n) is 8.89. The van der Waals surface area contributed by atoms with Crippen molar-refractivity contribution in [3.05, 3.63) is 16.8 Å². The summed E-state index contributed by atoms with van der Waals surface area (Å²) in [5.41, 5.74) is 11.6. The van der Waals surface area contributed by atoms with E-state index in [4.69, 9.17) is 16.2 Å². The molecule has 1 aliphatic heterocycles. The number of nitrogens with two attached hydrogens (primary N) is 2. The molecule has 0 radical (unpaired) electrons. The largest absolute Gasteiger partial charge is 0.381 e. The summed E-state index contributed by atoms with van der Waals surface area (Å²) in [7, 11) is 0. The number of hydrogen-bond acceptors (Lipinski definition) is 5. The van der Waals surface area contributed by atoms with Gasteiger partial charge in [0.05, 0.1) is 18.6 Å². The zero-order valence-corrected chi connectivity index (χ0v) is 8.89. The Morgan fingerprint density at radius 2 is 2.25 bits per heavy atom. The molecular weight excluding hydrogens is 204 g/mol. The third-order valence-corrected chi connectivity index (χ3v) is 3.35. The number of nitrogens with zero attached hydrogens (tertiary/aromatic N) is 2. The number of anilines is 1. The summed E-state index contributed by atoms with van der Waals surface area (Å²) >= 11 is 0. The van der Waals surface area contributed by atoms with Crippen LogP contribution in [0.5, 0.6) is 0 Å². The molecule has 5 nitrogen and oxygen atoms in total. The number of rotatable bonds is 1. The summed E-state index contributed by atoms with van der Waals surface area (Å²) in [4.78, 5) is 8.18. The Balaban J connectivity index is 2.10. The van der Waals surface area contributed by atoms with Crippen LogP contribution in [0.1, 0.15) is 6.42 Å². The number of fused-ring (bicyclic) bond motifs is 1. The minimum atomic E-state index is -0.341. The van der Waals surface area contributed by atoms with Gasteiger partial charge in [-0.05, 0) is 12.5 Å². The molecule has 1 aliphatic carbocycles. The van der Waals surface area contributed by atoms with Crippen LogP contribution in [0, 0.1) is 5.92 Å². The maximum absolute atomic E-state index is 6.36. The highest BCUT2D eigenvalue weighted by Crippen LogP contribution is 2.28. The van der Waals surface area contributed by atoms with Gasteiger partial charge < -0.3 is 16.2 Å². The molecule has 4 N–H and O–H groups in total. The van der Waals surface area contributed by atoms with Gasteiger partial charge in [0.1, 0.15) is 0 Å². The van der Waals surface area contributed by atoms with E-state index >= 15 is 0 Å². The van der Waals surface area contributed by atoms with Crippen LogP contribution in [0.4, 0.5) is 5.95 Å². The number of ether oxygens (including phenoxy) is 1. The third-order valence-electron chi connectivity index (χ3n) is 3.35. The summed E-state index contributed by atoms with van der Waals surface area (Å²) in [5, 5.41) is 1.85. The summed E-state index contributed by atoms with van der Waals surface area (Å²) in [6.45, 7) is 1.47. The van der Waals surface area contributed by atoms with E-state index in [0.29, 0.717) is 5.92 Å². The normalized spacial score (nSPS) is 28.6. The van der Waals surface area contributed by atoms with Crippen LogP contribution >= 0.6 is 0 Å². The lowest BCUT2D eigenvalue weighted by Gasteiger charge is -2.40. The summed E-state index contributed by atoms with van der Waals surface area (Å²) in [6.07, 6.45) is 6.63. The molecule has 0 aromatic carbocycles. The molecule has 1 aromatic rings. The lowest BCUT2D eigenvalue weighted by Crippen LogP contribution is -2.57. The standard InChI is InChI=1S/C11H14N4O/c12-10-14-4-7-1-2-11(13,3-9(7)15-10)8-5-16-6-8/h1,3-4,8H,2,5-6,13H2,(H2,12,15). The van der Waals surface area contributed by atoms with Gasteiger partial charge in [-0.1, -0.05) is 6.08 Å². The van der Waals surface area contributed by atoms with Crippen molar-refractivity contribution in [2.24, 2.45) is 11.7 Å². The van der Waals surface area contributed by atoms with Crippen LogP contribution in [0.25, 0.3) is 12.2 Å². The number of nitrogen functional groups attached to an aromatic ring is 1. The second-order valence-electron chi connectivity index (χ2n) is 4.47. The fourth-order valence-corrected chi connectivity index (χ4v) is 2.12. The average molecular weight is 218 g/mol. The van der Waals surface area contributed by atoms with Crippen molar-refractivity contribution in [2.45, 2.75) is 12.0 Å². The molecule has 0 spiro atoms. The van der Waals surface area contributed by atoms with Crippen LogP contribution in [0.15, 0.2) is 6.20 Å². The Morgan fingerprint density at radius 1 is 1.44 bits per heavy atom. The van der Waals surface area contributed by atoms with Gasteiger partial charge in [0.25, 0.3) is 0 Å². The second-order valence-corrected chi connectivity index (χ2v) is 4.47. The highest BCUT2D eigenvalue weighted by molar-refractivity contribution is 5.47. The molecule has 16 heavy (non-hydrogen) atoms. The molecule has 1 unspecified atom stereocenters. The van der Waals surface area contributed by atoms with Gasteiger partial charge in [0, 0.05) is 22.9 Å². The molecule has 1 atom stereocenters. The van der Waals surface area contributed by atoms with E-state index in [2.05, 4.69) is 16.0 Å². The maximum Gasteiger partial charge on any atom is 0.220 e. The monoisotopic (exact) mass is 218 g/mol. The van der Waals surface area contributed by atoms with Gasteiger partial charge in [-0.3, -0.25) is 0 Å². The van der Waals surface area contributed by atoms with Gasteiger partial charge in [-0.15, -0.1) is 0 Å². The average Bonchev–Trinajstić information content (AvgIpc) is 2.13. The lowest BCUT2D eigenvalue weighted by molar-refractivity contribution is -0.0548. The molecule has 84 valence electrons. The van der Waals surface area contributed by atoms with Crippen LogP contribution in [0.2, 0.25) is 0 Å². The predicted octanol–water partition coefficient (Wildman–Crippen LogP) is -1.63.